The summed E-state index contributed by atoms with van der Waals surface area (Å²) >= 11 is 0. The van der Waals surface area contributed by atoms with E-state index in [1.54, 1.807) is 6.26 Å². The Bertz CT molecular complexity index is 595. The van der Waals surface area contributed by atoms with E-state index in [1.807, 2.05) is 32.9 Å². The van der Waals surface area contributed by atoms with Crippen molar-refractivity contribution in [2.24, 2.45) is 0 Å². The van der Waals surface area contributed by atoms with E-state index >= 15 is 0 Å². The van der Waals surface area contributed by atoms with E-state index < -0.39 is 0 Å². The highest BCUT2D eigenvalue weighted by Gasteiger charge is 2.11. The van der Waals surface area contributed by atoms with Crippen molar-refractivity contribution in [3.05, 3.63) is 53.0 Å². The summed E-state index contributed by atoms with van der Waals surface area (Å²) in [6.45, 7) is 8.28. The first-order valence-corrected chi connectivity index (χ1v) is 7.12. The predicted octanol–water partition coefficient (Wildman–Crippen LogP) is 3.49. The highest BCUT2D eigenvalue weighted by Crippen LogP contribution is 2.21. The van der Waals surface area contributed by atoms with Crippen molar-refractivity contribution in [2.75, 3.05) is 11.9 Å². The number of hydrogen-bond acceptors (Lipinski definition) is 3. The summed E-state index contributed by atoms with van der Waals surface area (Å²) in [5, 5.41) is 6.12. The molecule has 21 heavy (non-hydrogen) atoms. The molecule has 1 atom stereocenters. The minimum absolute atomic E-state index is 0.00552. The molecule has 0 unspecified atom stereocenters. The Hall–Kier alpha value is -2.07. The van der Waals surface area contributed by atoms with Crippen LogP contribution in [0.5, 0.6) is 0 Å². The number of hydrogen-bond donors (Lipinski definition) is 2. The number of anilines is 1. The van der Waals surface area contributed by atoms with E-state index in [-0.39, 0.29) is 18.5 Å². The van der Waals surface area contributed by atoms with Gasteiger partial charge in [0.05, 0.1) is 18.8 Å². The smallest absolute Gasteiger partial charge is 0.238 e. The van der Waals surface area contributed by atoms with Gasteiger partial charge in [-0.1, -0.05) is 17.7 Å². The fourth-order valence-corrected chi connectivity index (χ4v) is 2.44. The van der Waals surface area contributed by atoms with E-state index in [2.05, 4.69) is 29.7 Å². The van der Waals surface area contributed by atoms with Gasteiger partial charge >= 0.3 is 0 Å². The highest BCUT2D eigenvalue weighted by molar-refractivity contribution is 5.93. The van der Waals surface area contributed by atoms with Crippen molar-refractivity contribution in [3.63, 3.8) is 0 Å². The SMILES string of the molecule is Cc1cc(C)c(NC(=O)CN[C@H](C)c2ccco2)c(C)c1. The quantitative estimate of drug-likeness (QED) is 0.884. The maximum Gasteiger partial charge on any atom is 0.238 e. The lowest BCUT2D eigenvalue weighted by atomic mass is 10.1. The maximum absolute atomic E-state index is 12.1. The number of furan rings is 1. The Morgan fingerprint density at radius 1 is 1.24 bits per heavy atom. The average Bonchev–Trinajstić information content (AvgIpc) is 2.94. The fraction of sp³-hybridized carbons (Fsp3) is 0.353. The summed E-state index contributed by atoms with van der Waals surface area (Å²) in [4.78, 5) is 12.1. The Morgan fingerprint density at radius 3 is 2.48 bits per heavy atom. The van der Waals surface area contributed by atoms with Gasteiger partial charge < -0.3 is 9.73 Å². The summed E-state index contributed by atoms with van der Waals surface area (Å²) in [6.07, 6.45) is 1.63. The largest absolute Gasteiger partial charge is 0.468 e. The lowest BCUT2D eigenvalue weighted by Gasteiger charge is -2.15. The predicted molar refractivity (Wildman–Crippen MR) is 84.4 cm³/mol. The Morgan fingerprint density at radius 2 is 1.90 bits per heavy atom. The molecule has 2 rings (SSSR count). The summed E-state index contributed by atoms with van der Waals surface area (Å²) in [6, 6.07) is 7.88. The van der Waals surface area contributed by atoms with Crippen LogP contribution in [-0.4, -0.2) is 12.5 Å². The number of aryl methyl sites for hydroxylation is 3. The van der Waals surface area contributed by atoms with Crippen molar-refractivity contribution < 1.29 is 9.21 Å². The molecular weight excluding hydrogens is 264 g/mol. The first-order valence-electron chi connectivity index (χ1n) is 7.12. The van der Waals surface area contributed by atoms with Gasteiger partial charge in [-0.05, 0) is 51.0 Å². The van der Waals surface area contributed by atoms with Crippen LogP contribution in [0.15, 0.2) is 34.9 Å². The average molecular weight is 286 g/mol. The van der Waals surface area contributed by atoms with E-state index in [0.717, 1.165) is 22.6 Å². The molecule has 0 fully saturated rings. The van der Waals surface area contributed by atoms with Crippen LogP contribution in [0.1, 0.15) is 35.4 Å². The number of carbonyl (C=O) groups is 1. The van der Waals surface area contributed by atoms with Crippen LogP contribution in [0.4, 0.5) is 5.69 Å². The molecule has 1 aromatic heterocycles. The molecule has 2 aromatic rings. The fourth-order valence-electron chi connectivity index (χ4n) is 2.44. The van der Waals surface area contributed by atoms with E-state index in [1.165, 1.54) is 5.56 Å². The lowest BCUT2D eigenvalue weighted by Crippen LogP contribution is -2.30. The monoisotopic (exact) mass is 286 g/mol. The van der Waals surface area contributed by atoms with Crippen molar-refractivity contribution >= 4 is 11.6 Å². The zero-order valence-corrected chi connectivity index (χ0v) is 13.0. The van der Waals surface area contributed by atoms with Gasteiger partial charge in [0.2, 0.25) is 5.91 Å². The third kappa shape index (κ3) is 3.95. The number of nitrogens with one attached hydrogen (secondary N) is 2. The molecule has 0 aliphatic carbocycles. The molecule has 2 N–H and O–H groups in total. The first-order chi connectivity index (χ1) is 9.97. The highest BCUT2D eigenvalue weighted by atomic mass is 16.3. The van der Waals surface area contributed by atoms with E-state index in [4.69, 9.17) is 4.42 Å². The molecule has 1 aromatic carbocycles. The maximum atomic E-state index is 12.1. The molecule has 112 valence electrons. The molecule has 1 heterocycles. The van der Waals surface area contributed by atoms with E-state index in [9.17, 15) is 4.79 Å². The molecule has 1 amide bonds. The molecule has 0 saturated carbocycles. The van der Waals surface area contributed by atoms with Crippen LogP contribution in [0, 0.1) is 20.8 Å². The van der Waals surface area contributed by atoms with Gasteiger partial charge in [-0.25, -0.2) is 0 Å². The van der Waals surface area contributed by atoms with Gasteiger partial charge in [-0.2, -0.15) is 0 Å². The Labute approximate surface area is 125 Å². The van der Waals surface area contributed by atoms with Crippen LogP contribution in [0.25, 0.3) is 0 Å². The van der Waals surface area contributed by atoms with E-state index in [0.29, 0.717) is 0 Å². The van der Waals surface area contributed by atoms with Crippen LogP contribution >= 0.6 is 0 Å². The van der Waals surface area contributed by atoms with Crippen LogP contribution < -0.4 is 10.6 Å². The molecular formula is C17H22N2O2. The van der Waals surface area contributed by atoms with Crippen molar-refractivity contribution in [2.45, 2.75) is 33.7 Å². The van der Waals surface area contributed by atoms with Gasteiger partial charge in [-0.15, -0.1) is 0 Å². The van der Waals surface area contributed by atoms with Crippen molar-refractivity contribution in [1.29, 1.82) is 0 Å². The van der Waals surface area contributed by atoms with Gasteiger partial charge in [0, 0.05) is 5.69 Å². The third-order valence-electron chi connectivity index (χ3n) is 3.48. The van der Waals surface area contributed by atoms with Gasteiger partial charge in [-0.3, -0.25) is 10.1 Å². The minimum atomic E-state index is -0.0524. The minimum Gasteiger partial charge on any atom is -0.468 e. The number of rotatable bonds is 5. The first kappa shape index (κ1) is 15.3. The summed E-state index contributed by atoms with van der Waals surface area (Å²) in [5.74, 6) is 0.772. The number of benzene rings is 1. The number of amides is 1. The standard InChI is InChI=1S/C17H22N2O2/c1-11-8-12(2)17(13(3)9-11)19-16(20)10-18-14(4)15-6-5-7-21-15/h5-9,14,18H,10H2,1-4H3,(H,19,20)/t14-/m1/s1. The van der Waals surface area contributed by atoms with Crippen molar-refractivity contribution in [3.8, 4) is 0 Å². The molecule has 0 spiro atoms. The van der Waals surface area contributed by atoms with Gasteiger partial charge in [0.1, 0.15) is 5.76 Å². The van der Waals surface area contributed by atoms with Crippen LogP contribution in [0.3, 0.4) is 0 Å². The molecule has 0 bridgehead atoms. The summed E-state index contributed by atoms with van der Waals surface area (Å²) in [7, 11) is 0. The molecule has 4 nitrogen and oxygen atoms in total. The van der Waals surface area contributed by atoms with Crippen LogP contribution in [-0.2, 0) is 4.79 Å². The molecule has 0 aliphatic heterocycles. The second-order valence-corrected chi connectivity index (χ2v) is 5.44. The molecule has 0 radical (unpaired) electrons. The second kappa shape index (κ2) is 6.59. The zero-order chi connectivity index (χ0) is 15.4. The topological polar surface area (TPSA) is 54.3 Å². The molecule has 0 saturated heterocycles. The number of carbonyl (C=O) groups excluding carboxylic acids is 1. The second-order valence-electron chi connectivity index (χ2n) is 5.44. The Balaban J connectivity index is 1.93. The summed E-state index contributed by atoms with van der Waals surface area (Å²) in [5.41, 5.74) is 4.27. The lowest BCUT2D eigenvalue weighted by molar-refractivity contribution is -0.115. The normalized spacial score (nSPS) is 12.2. The third-order valence-corrected chi connectivity index (χ3v) is 3.48. The summed E-state index contributed by atoms with van der Waals surface area (Å²) < 4.78 is 5.30. The van der Waals surface area contributed by atoms with Gasteiger partial charge in [0.25, 0.3) is 0 Å². The Kier molecular flexibility index (Phi) is 4.81. The molecule has 0 aliphatic rings. The molecule has 4 heteroatoms. The van der Waals surface area contributed by atoms with Crippen LogP contribution in [0.2, 0.25) is 0 Å². The van der Waals surface area contributed by atoms with Gasteiger partial charge in [0.15, 0.2) is 0 Å². The zero-order valence-electron chi connectivity index (χ0n) is 13.0. The van der Waals surface area contributed by atoms with Crippen molar-refractivity contribution in [1.82, 2.24) is 5.32 Å².